The van der Waals surface area contributed by atoms with Crippen molar-refractivity contribution in [2.75, 3.05) is 12.3 Å². The minimum Gasteiger partial charge on any atom is -0.352 e. The summed E-state index contributed by atoms with van der Waals surface area (Å²) in [4.78, 5) is 25.4. The Balaban J connectivity index is 1.51. The number of thioether (sulfide) groups is 1. The van der Waals surface area contributed by atoms with Crippen molar-refractivity contribution in [2.24, 2.45) is 0 Å². The maximum atomic E-state index is 12.9. The van der Waals surface area contributed by atoms with Crippen LogP contribution in [0.2, 0.25) is 0 Å². The molecule has 0 unspecified atom stereocenters. The number of carbonyl (C=O) groups excluding carboxylic acids is 2. The number of nitrogens with one attached hydrogen (secondary N) is 1. The molecule has 1 amide bonds. The Bertz CT molecular complexity index is 942. The van der Waals surface area contributed by atoms with Gasteiger partial charge in [0.05, 0.1) is 5.75 Å². The molecule has 0 saturated carbocycles. The third kappa shape index (κ3) is 5.79. The molecule has 0 heterocycles. The number of hydrogen-bond donors (Lipinski definition) is 1. The molecule has 0 aromatic heterocycles. The molecule has 0 spiro atoms. The van der Waals surface area contributed by atoms with Gasteiger partial charge in [0.25, 0.3) is 5.91 Å². The lowest BCUT2D eigenvalue weighted by Gasteiger charge is -2.07. The number of hydrogen-bond acceptors (Lipinski definition) is 3. The fourth-order valence-electron chi connectivity index (χ4n) is 2.66. The van der Waals surface area contributed by atoms with Gasteiger partial charge in [0.2, 0.25) is 0 Å². The van der Waals surface area contributed by atoms with Crippen LogP contribution in [0.3, 0.4) is 0 Å². The van der Waals surface area contributed by atoms with Crippen LogP contribution >= 0.6 is 11.8 Å². The standard InChI is InChI=1S/C23H20FNO2S/c24-20-11-9-17(10-12-20)13-14-25-23(27)19-7-4-8-21(15-19)28-16-22(26)18-5-2-1-3-6-18/h1-12,15H,13-14,16H2,(H,25,27). The first-order chi connectivity index (χ1) is 13.6. The van der Waals surface area contributed by atoms with Crippen molar-refractivity contribution in [1.29, 1.82) is 0 Å². The van der Waals surface area contributed by atoms with Crippen LogP contribution in [-0.2, 0) is 6.42 Å². The lowest BCUT2D eigenvalue weighted by atomic mass is 10.1. The summed E-state index contributed by atoms with van der Waals surface area (Å²) < 4.78 is 12.9. The molecule has 3 rings (SSSR count). The number of Topliss-reactive ketones (excluding diaryl/α,β-unsaturated/α-hetero) is 1. The predicted octanol–water partition coefficient (Wildman–Crippen LogP) is 4.77. The van der Waals surface area contributed by atoms with Crippen LogP contribution < -0.4 is 5.32 Å². The fraction of sp³-hybridized carbons (Fsp3) is 0.130. The zero-order valence-corrected chi connectivity index (χ0v) is 16.0. The first-order valence-electron chi connectivity index (χ1n) is 8.95. The van der Waals surface area contributed by atoms with Gasteiger partial charge in [0, 0.05) is 22.6 Å². The van der Waals surface area contributed by atoms with Crippen molar-refractivity contribution >= 4 is 23.5 Å². The van der Waals surface area contributed by atoms with E-state index >= 15 is 0 Å². The highest BCUT2D eigenvalue weighted by atomic mass is 32.2. The van der Waals surface area contributed by atoms with Crippen LogP contribution in [-0.4, -0.2) is 24.0 Å². The number of ketones is 1. The number of benzene rings is 3. The molecule has 0 fully saturated rings. The Morgan fingerprint density at radius 1 is 0.857 bits per heavy atom. The molecule has 3 aromatic carbocycles. The maximum Gasteiger partial charge on any atom is 0.251 e. The summed E-state index contributed by atoms with van der Waals surface area (Å²) in [5.74, 6) is -0.0637. The van der Waals surface area contributed by atoms with Gasteiger partial charge in [-0.3, -0.25) is 9.59 Å². The molecule has 0 aliphatic carbocycles. The minimum atomic E-state index is -0.271. The van der Waals surface area contributed by atoms with Gasteiger partial charge in [0.1, 0.15) is 5.82 Å². The monoisotopic (exact) mass is 393 g/mol. The average molecular weight is 393 g/mol. The smallest absolute Gasteiger partial charge is 0.251 e. The van der Waals surface area contributed by atoms with Gasteiger partial charge in [-0.05, 0) is 42.3 Å². The maximum absolute atomic E-state index is 12.9. The van der Waals surface area contributed by atoms with Gasteiger partial charge in [0.15, 0.2) is 5.78 Å². The summed E-state index contributed by atoms with van der Waals surface area (Å²) in [7, 11) is 0. The Kier molecular flexibility index (Phi) is 6.98. The molecule has 142 valence electrons. The summed E-state index contributed by atoms with van der Waals surface area (Å²) >= 11 is 1.41. The third-order valence-electron chi connectivity index (χ3n) is 4.17. The van der Waals surface area contributed by atoms with Crippen molar-refractivity contribution in [3.8, 4) is 0 Å². The molecule has 3 aromatic rings. The van der Waals surface area contributed by atoms with Crippen molar-refractivity contribution in [1.82, 2.24) is 5.32 Å². The van der Waals surface area contributed by atoms with Crippen LogP contribution in [0.1, 0.15) is 26.3 Å². The van der Waals surface area contributed by atoms with E-state index in [9.17, 15) is 14.0 Å². The van der Waals surface area contributed by atoms with Crippen molar-refractivity contribution in [3.63, 3.8) is 0 Å². The molecule has 1 N–H and O–H groups in total. The van der Waals surface area contributed by atoms with E-state index in [1.54, 1.807) is 36.4 Å². The first kappa shape index (κ1) is 19.8. The van der Waals surface area contributed by atoms with E-state index in [2.05, 4.69) is 5.32 Å². The Labute approximate surface area is 168 Å². The molecule has 0 radical (unpaired) electrons. The number of amides is 1. The summed E-state index contributed by atoms with van der Waals surface area (Å²) in [5, 5.41) is 2.87. The van der Waals surface area contributed by atoms with E-state index in [4.69, 9.17) is 0 Å². The van der Waals surface area contributed by atoms with Crippen LogP contribution in [0.4, 0.5) is 4.39 Å². The van der Waals surface area contributed by atoms with E-state index < -0.39 is 0 Å². The molecule has 5 heteroatoms. The topological polar surface area (TPSA) is 46.2 Å². The first-order valence-corrected chi connectivity index (χ1v) is 9.94. The van der Waals surface area contributed by atoms with Gasteiger partial charge in [-0.2, -0.15) is 0 Å². The summed E-state index contributed by atoms with van der Waals surface area (Å²) in [5.41, 5.74) is 2.20. The van der Waals surface area contributed by atoms with Gasteiger partial charge in [-0.15, -0.1) is 11.8 Å². The summed E-state index contributed by atoms with van der Waals surface area (Å²) in [6, 6.07) is 22.6. The SMILES string of the molecule is O=C(CSc1cccc(C(=O)NCCc2ccc(F)cc2)c1)c1ccccc1. The summed E-state index contributed by atoms with van der Waals surface area (Å²) in [6.45, 7) is 0.467. The second-order valence-electron chi connectivity index (χ2n) is 6.24. The zero-order chi connectivity index (χ0) is 19.8. The quantitative estimate of drug-likeness (QED) is 0.443. The number of rotatable bonds is 8. The fourth-order valence-corrected chi connectivity index (χ4v) is 3.51. The molecule has 3 nitrogen and oxygen atoms in total. The molecule has 0 aliphatic heterocycles. The van der Waals surface area contributed by atoms with Gasteiger partial charge >= 0.3 is 0 Å². The molecule has 0 saturated heterocycles. The van der Waals surface area contributed by atoms with Gasteiger partial charge < -0.3 is 5.32 Å². The highest BCUT2D eigenvalue weighted by Gasteiger charge is 2.09. The van der Waals surface area contributed by atoms with Crippen molar-refractivity contribution in [3.05, 3.63) is 101 Å². The van der Waals surface area contributed by atoms with Crippen molar-refractivity contribution < 1.29 is 14.0 Å². The second kappa shape index (κ2) is 9.85. The Hall–Kier alpha value is -2.92. The molecule has 28 heavy (non-hydrogen) atoms. The molecule has 0 bridgehead atoms. The lowest BCUT2D eigenvalue weighted by Crippen LogP contribution is -2.25. The number of carbonyl (C=O) groups is 2. The molecular weight excluding hydrogens is 373 g/mol. The second-order valence-corrected chi connectivity index (χ2v) is 7.29. The molecule has 0 atom stereocenters. The predicted molar refractivity (Wildman–Crippen MR) is 110 cm³/mol. The van der Waals surface area contributed by atoms with Crippen LogP contribution in [0.5, 0.6) is 0 Å². The molecule has 0 aliphatic rings. The number of halogens is 1. The van der Waals surface area contributed by atoms with Gasteiger partial charge in [-0.1, -0.05) is 48.5 Å². The van der Waals surface area contributed by atoms with Crippen LogP contribution in [0, 0.1) is 5.82 Å². The van der Waals surface area contributed by atoms with E-state index in [-0.39, 0.29) is 17.5 Å². The van der Waals surface area contributed by atoms with E-state index in [0.29, 0.717) is 29.8 Å². The largest absolute Gasteiger partial charge is 0.352 e. The highest BCUT2D eigenvalue weighted by molar-refractivity contribution is 8.00. The Morgan fingerprint density at radius 3 is 2.32 bits per heavy atom. The van der Waals surface area contributed by atoms with Crippen LogP contribution in [0.25, 0.3) is 0 Å². The highest BCUT2D eigenvalue weighted by Crippen LogP contribution is 2.20. The Morgan fingerprint density at radius 2 is 1.57 bits per heavy atom. The zero-order valence-electron chi connectivity index (χ0n) is 15.2. The van der Waals surface area contributed by atoms with Gasteiger partial charge in [-0.25, -0.2) is 4.39 Å². The van der Waals surface area contributed by atoms with Crippen molar-refractivity contribution in [2.45, 2.75) is 11.3 Å². The minimum absolute atomic E-state index is 0.0553. The molecular formula is C23H20FNO2S. The van der Waals surface area contributed by atoms with E-state index in [0.717, 1.165) is 10.5 Å². The lowest BCUT2D eigenvalue weighted by molar-refractivity contribution is 0.0953. The van der Waals surface area contributed by atoms with Crippen LogP contribution in [0.15, 0.2) is 83.8 Å². The van der Waals surface area contributed by atoms with E-state index in [1.165, 1.54) is 23.9 Å². The summed E-state index contributed by atoms with van der Waals surface area (Å²) in [6.07, 6.45) is 0.631. The third-order valence-corrected chi connectivity index (χ3v) is 5.17. The average Bonchev–Trinajstić information content (AvgIpc) is 2.74. The normalized spacial score (nSPS) is 10.5. The van der Waals surface area contributed by atoms with E-state index in [1.807, 2.05) is 30.3 Å².